The van der Waals surface area contributed by atoms with Crippen LogP contribution in [0.5, 0.6) is 0 Å². The van der Waals surface area contributed by atoms with E-state index in [2.05, 4.69) is 0 Å². The quantitative estimate of drug-likeness (QED) is 0.795. The maximum atomic E-state index is 13.0. The van der Waals surface area contributed by atoms with Crippen LogP contribution in [0.1, 0.15) is 40.1 Å². The largest absolute Gasteiger partial charge is 0.310 e. The third kappa shape index (κ3) is 3.56. The summed E-state index contributed by atoms with van der Waals surface area (Å²) in [6.07, 6.45) is 2.79. The van der Waals surface area contributed by atoms with Gasteiger partial charge in [0.25, 0.3) is 5.91 Å². The smallest absolute Gasteiger partial charge is 0.269 e. The first kappa shape index (κ1) is 19.1. The zero-order chi connectivity index (χ0) is 18.9. The standard InChI is InChI=1S/C19H24N2O3S2/c1-14-7-8-16(15(2)13-14)20(3)19(22)18-17(9-12-25-18)26(23,24)21-10-5-4-6-11-21/h7-9,12-13H,4-6,10-11H2,1-3H3. The molecule has 7 heteroatoms. The Labute approximate surface area is 159 Å². The minimum Gasteiger partial charge on any atom is -0.310 e. The lowest BCUT2D eigenvalue weighted by atomic mass is 10.1. The van der Waals surface area contributed by atoms with Crippen LogP contribution in [0, 0.1) is 13.8 Å². The number of rotatable bonds is 4. The SMILES string of the molecule is Cc1ccc(N(C)C(=O)c2sccc2S(=O)(=O)N2CCCCC2)c(C)c1. The van der Waals surface area contributed by atoms with Crippen LogP contribution in [0.2, 0.25) is 0 Å². The van der Waals surface area contributed by atoms with Crippen LogP contribution in [0.15, 0.2) is 34.5 Å². The minimum atomic E-state index is -3.63. The van der Waals surface area contributed by atoms with E-state index in [0.717, 1.165) is 36.1 Å². The van der Waals surface area contributed by atoms with Gasteiger partial charge in [-0.25, -0.2) is 8.42 Å². The van der Waals surface area contributed by atoms with Crippen molar-refractivity contribution in [1.29, 1.82) is 0 Å². The number of aryl methyl sites for hydroxylation is 2. The fourth-order valence-electron chi connectivity index (χ4n) is 3.34. The maximum Gasteiger partial charge on any atom is 0.269 e. The molecule has 0 N–H and O–H groups in total. The first-order valence-corrected chi connectivity index (χ1v) is 11.1. The van der Waals surface area contributed by atoms with Gasteiger partial charge in [0.15, 0.2) is 0 Å². The van der Waals surface area contributed by atoms with Gasteiger partial charge >= 0.3 is 0 Å². The average molecular weight is 393 g/mol. The molecule has 1 fully saturated rings. The van der Waals surface area contributed by atoms with Crippen molar-refractivity contribution in [3.63, 3.8) is 0 Å². The lowest BCUT2D eigenvalue weighted by Gasteiger charge is -2.26. The highest BCUT2D eigenvalue weighted by Gasteiger charge is 2.32. The summed E-state index contributed by atoms with van der Waals surface area (Å²) in [6, 6.07) is 7.41. The molecule has 3 rings (SSSR count). The highest BCUT2D eigenvalue weighted by atomic mass is 32.2. The van der Waals surface area contributed by atoms with Crippen LogP contribution in [0.25, 0.3) is 0 Å². The number of hydrogen-bond donors (Lipinski definition) is 0. The number of hydrogen-bond acceptors (Lipinski definition) is 4. The molecule has 0 unspecified atom stereocenters. The molecule has 1 aromatic heterocycles. The number of thiophene rings is 1. The second-order valence-corrected chi connectivity index (χ2v) is 9.56. The molecule has 2 heterocycles. The summed E-state index contributed by atoms with van der Waals surface area (Å²) in [5.41, 5.74) is 2.89. The van der Waals surface area contributed by atoms with Crippen molar-refractivity contribution in [2.75, 3.05) is 25.0 Å². The van der Waals surface area contributed by atoms with Gasteiger partial charge in [-0.3, -0.25) is 4.79 Å². The summed E-state index contributed by atoms with van der Waals surface area (Å²) >= 11 is 1.18. The molecule has 1 aromatic carbocycles. The Morgan fingerprint density at radius 3 is 2.46 bits per heavy atom. The molecule has 0 aliphatic carbocycles. The van der Waals surface area contributed by atoms with Crippen LogP contribution in [-0.4, -0.2) is 38.8 Å². The molecule has 1 aliphatic rings. The number of piperidine rings is 1. The molecular formula is C19H24N2O3S2. The van der Waals surface area contributed by atoms with E-state index >= 15 is 0 Å². The predicted molar refractivity (Wildman–Crippen MR) is 106 cm³/mol. The lowest BCUT2D eigenvalue weighted by Crippen LogP contribution is -2.36. The monoisotopic (exact) mass is 392 g/mol. The fourth-order valence-corrected chi connectivity index (χ4v) is 6.23. The van der Waals surface area contributed by atoms with E-state index in [1.807, 2.05) is 32.0 Å². The molecule has 1 amide bonds. The van der Waals surface area contributed by atoms with Crippen molar-refractivity contribution in [2.24, 2.45) is 0 Å². The Kier molecular flexibility index (Phi) is 5.50. The van der Waals surface area contributed by atoms with E-state index in [1.54, 1.807) is 18.5 Å². The second-order valence-electron chi connectivity index (χ2n) is 6.73. The van der Waals surface area contributed by atoms with Crippen LogP contribution in [0.4, 0.5) is 5.69 Å². The summed E-state index contributed by atoms with van der Waals surface area (Å²) in [5, 5.41) is 1.68. The van der Waals surface area contributed by atoms with E-state index in [-0.39, 0.29) is 15.7 Å². The maximum absolute atomic E-state index is 13.0. The third-order valence-electron chi connectivity index (χ3n) is 4.77. The number of carbonyl (C=O) groups is 1. The van der Waals surface area contributed by atoms with Gasteiger partial charge in [-0.05, 0) is 49.8 Å². The molecule has 140 valence electrons. The molecule has 5 nitrogen and oxygen atoms in total. The van der Waals surface area contributed by atoms with Crippen LogP contribution in [-0.2, 0) is 10.0 Å². The summed E-state index contributed by atoms with van der Waals surface area (Å²) in [4.78, 5) is 15.0. The molecule has 0 bridgehead atoms. The highest BCUT2D eigenvalue weighted by molar-refractivity contribution is 7.89. The van der Waals surface area contributed by atoms with Crippen molar-refractivity contribution in [2.45, 2.75) is 38.0 Å². The van der Waals surface area contributed by atoms with Crippen LogP contribution >= 0.6 is 11.3 Å². The van der Waals surface area contributed by atoms with Crippen molar-refractivity contribution in [3.05, 3.63) is 45.6 Å². The second kappa shape index (κ2) is 7.50. The average Bonchev–Trinajstić information content (AvgIpc) is 3.12. The van der Waals surface area contributed by atoms with Gasteiger partial charge in [-0.15, -0.1) is 11.3 Å². The number of carbonyl (C=O) groups excluding carboxylic acids is 1. The van der Waals surface area contributed by atoms with Crippen LogP contribution in [0.3, 0.4) is 0 Å². The Hall–Kier alpha value is -1.70. The first-order chi connectivity index (χ1) is 12.3. The summed E-state index contributed by atoms with van der Waals surface area (Å²) in [6.45, 7) is 5.00. The van der Waals surface area contributed by atoms with Gasteiger partial charge in [-0.1, -0.05) is 24.1 Å². The van der Waals surface area contributed by atoms with E-state index in [0.29, 0.717) is 13.1 Å². The molecule has 0 spiro atoms. The number of benzene rings is 1. The van der Waals surface area contributed by atoms with E-state index in [9.17, 15) is 13.2 Å². The van der Waals surface area contributed by atoms with Gasteiger partial charge in [0.2, 0.25) is 10.0 Å². The Bertz CT molecular complexity index is 913. The molecular weight excluding hydrogens is 368 g/mol. The van der Waals surface area contributed by atoms with Crippen molar-refractivity contribution >= 4 is 33.0 Å². The Morgan fingerprint density at radius 2 is 1.81 bits per heavy atom. The summed E-state index contributed by atoms with van der Waals surface area (Å²) in [5.74, 6) is -0.289. The lowest BCUT2D eigenvalue weighted by molar-refractivity contribution is 0.0993. The number of amides is 1. The van der Waals surface area contributed by atoms with Gasteiger partial charge < -0.3 is 4.90 Å². The minimum absolute atomic E-state index is 0.131. The normalized spacial score (nSPS) is 15.8. The Morgan fingerprint density at radius 1 is 1.12 bits per heavy atom. The third-order valence-corrected chi connectivity index (χ3v) is 7.75. The van der Waals surface area contributed by atoms with Gasteiger partial charge in [0.05, 0.1) is 0 Å². The van der Waals surface area contributed by atoms with Crippen molar-refractivity contribution in [3.8, 4) is 0 Å². The summed E-state index contributed by atoms with van der Waals surface area (Å²) in [7, 11) is -1.94. The van der Waals surface area contributed by atoms with E-state index in [4.69, 9.17) is 0 Å². The van der Waals surface area contributed by atoms with Crippen molar-refractivity contribution < 1.29 is 13.2 Å². The first-order valence-electron chi connectivity index (χ1n) is 8.75. The molecule has 1 aliphatic heterocycles. The topological polar surface area (TPSA) is 57.7 Å². The zero-order valence-corrected chi connectivity index (χ0v) is 17.0. The molecule has 26 heavy (non-hydrogen) atoms. The molecule has 0 atom stereocenters. The molecule has 1 saturated heterocycles. The predicted octanol–water partition coefficient (Wildman–Crippen LogP) is 3.82. The molecule has 0 radical (unpaired) electrons. The number of nitrogens with zero attached hydrogens (tertiary/aromatic N) is 2. The molecule has 2 aromatic rings. The fraction of sp³-hybridized carbons (Fsp3) is 0.421. The highest BCUT2D eigenvalue weighted by Crippen LogP contribution is 2.30. The van der Waals surface area contributed by atoms with Gasteiger partial charge in [0, 0.05) is 25.8 Å². The Balaban J connectivity index is 1.93. The summed E-state index contributed by atoms with van der Waals surface area (Å²) < 4.78 is 27.5. The van der Waals surface area contributed by atoms with E-state index in [1.165, 1.54) is 20.5 Å². The van der Waals surface area contributed by atoms with E-state index < -0.39 is 10.0 Å². The van der Waals surface area contributed by atoms with Gasteiger partial charge in [-0.2, -0.15) is 4.31 Å². The van der Waals surface area contributed by atoms with Crippen molar-refractivity contribution in [1.82, 2.24) is 4.31 Å². The van der Waals surface area contributed by atoms with Gasteiger partial charge in [0.1, 0.15) is 9.77 Å². The van der Waals surface area contributed by atoms with Crippen LogP contribution < -0.4 is 4.90 Å². The number of sulfonamides is 1. The number of anilines is 1. The zero-order valence-electron chi connectivity index (χ0n) is 15.4. The molecule has 0 saturated carbocycles.